The van der Waals surface area contributed by atoms with Crippen LogP contribution in [-0.2, 0) is 4.79 Å². The molecule has 1 atom stereocenters. The minimum absolute atomic E-state index is 0. The van der Waals surface area contributed by atoms with E-state index in [2.05, 4.69) is 0 Å². The molecule has 0 saturated heterocycles. The van der Waals surface area contributed by atoms with Gasteiger partial charge in [-0.25, -0.2) is 0 Å². The Hall–Kier alpha value is 1.20. The van der Waals surface area contributed by atoms with Crippen LogP contribution in [0.5, 0.6) is 0 Å². The second kappa shape index (κ2) is 5.34. The second-order valence-electron chi connectivity index (χ2n) is 0.954. The predicted octanol–water partition coefficient (Wildman–Crippen LogP) is -1.99. The molecule has 4 heteroatoms. The van der Waals surface area contributed by atoms with Crippen molar-refractivity contribution in [3.05, 3.63) is 0 Å². The van der Waals surface area contributed by atoms with Crippen molar-refractivity contribution in [1.82, 2.24) is 0 Å². The van der Waals surface area contributed by atoms with Gasteiger partial charge >= 0.3 is 35.5 Å². The average Bonchev–Trinajstić information content (AvgIpc) is 1.36. The normalized spacial score (nSPS) is 11.7. The molecule has 1 unspecified atom stereocenters. The second-order valence-corrected chi connectivity index (χ2v) is 2.82. The third-order valence-corrected chi connectivity index (χ3v) is 0.873. The molecule has 0 amide bonds. The molecule has 0 radical (unpaired) electrons. The molecular weight excluding hydrogens is 218 g/mol. The smallest absolute Gasteiger partial charge is 1.00 e. The molecule has 0 rings (SSSR count). The fourth-order valence-electron chi connectivity index (χ4n) is 0. The summed E-state index contributed by atoms with van der Waals surface area (Å²) < 4.78 is -0.261. The van der Waals surface area contributed by atoms with Crippen molar-refractivity contribution in [1.29, 1.82) is 0 Å². The molecule has 7 heavy (non-hydrogen) atoms. The number of hydrogen-bond donors (Lipinski definition) is 1. The van der Waals surface area contributed by atoms with Crippen molar-refractivity contribution < 1.29 is 40.9 Å². The van der Waals surface area contributed by atoms with E-state index in [9.17, 15) is 4.79 Å². The third kappa shape index (κ3) is 7.20. The molecule has 0 fully saturated rings. The molecule has 38 valence electrons. The molecule has 0 aromatic rings. The number of halogens is 1. The molecule has 0 bridgehead atoms. The summed E-state index contributed by atoms with van der Waals surface area (Å²) in [5, 5.41) is 7.98. The van der Waals surface area contributed by atoms with Crippen LogP contribution < -0.4 is 29.6 Å². The maximum absolute atomic E-state index is 9.69. The number of carboxylic acids is 1. The standard InChI is InChI=1S/C3H5IO2.Na.H/c1-2(4)3(5)6;;/h2H,1H3,(H,5,6);;/q;+1;-1. The van der Waals surface area contributed by atoms with Crippen molar-refractivity contribution in [2.24, 2.45) is 0 Å². The summed E-state index contributed by atoms with van der Waals surface area (Å²) in [5.41, 5.74) is 0. The van der Waals surface area contributed by atoms with Gasteiger partial charge in [-0.2, -0.15) is 0 Å². The summed E-state index contributed by atoms with van der Waals surface area (Å²) in [6, 6.07) is 0. The van der Waals surface area contributed by atoms with Gasteiger partial charge in [0.2, 0.25) is 0 Å². The van der Waals surface area contributed by atoms with Crippen molar-refractivity contribution in [2.75, 3.05) is 0 Å². The van der Waals surface area contributed by atoms with Crippen LogP contribution in [-0.4, -0.2) is 15.0 Å². The summed E-state index contributed by atoms with van der Waals surface area (Å²) >= 11 is 1.83. The van der Waals surface area contributed by atoms with Gasteiger partial charge in [0.05, 0.1) is 0 Å². The monoisotopic (exact) mass is 224 g/mol. The van der Waals surface area contributed by atoms with E-state index in [0.29, 0.717) is 0 Å². The first kappa shape index (κ1) is 11.1. The van der Waals surface area contributed by atoms with Crippen LogP contribution in [0.4, 0.5) is 0 Å². The van der Waals surface area contributed by atoms with E-state index in [1.165, 1.54) is 0 Å². The summed E-state index contributed by atoms with van der Waals surface area (Å²) in [7, 11) is 0. The van der Waals surface area contributed by atoms with Crippen molar-refractivity contribution in [2.45, 2.75) is 10.8 Å². The maximum atomic E-state index is 9.69. The number of aliphatic carboxylic acids is 1. The van der Waals surface area contributed by atoms with Crippen LogP contribution in [0.25, 0.3) is 0 Å². The van der Waals surface area contributed by atoms with Crippen molar-refractivity contribution >= 4 is 28.6 Å². The van der Waals surface area contributed by atoms with Crippen molar-refractivity contribution in [3.8, 4) is 0 Å². The molecule has 0 aromatic heterocycles. The van der Waals surface area contributed by atoms with Crippen LogP contribution >= 0.6 is 22.6 Å². The Bertz CT molecular complexity index is 68.3. The van der Waals surface area contributed by atoms with Crippen LogP contribution in [0.2, 0.25) is 0 Å². The number of carboxylic acid groups (broad SMARTS) is 1. The van der Waals surface area contributed by atoms with E-state index in [1.54, 1.807) is 6.92 Å². The molecule has 2 nitrogen and oxygen atoms in total. The van der Waals surface area contributed by atoms with E-state index in [0.717, 1.165) is 0 Å². The first-order valence-electron chi connectivity index (χ1n) is 1.51. The zero-order valence-electron chi connectivity index (χ0n) is 5.31. The molecular formula is C3H6INaO2. The molecule has 0 aliphatic heterocycles. The number of rotatable bonds is 1. The number of carbonyl (C=O) groups is 1. The Balaban J connectivity index is -0.000000125. The summed E-state index contributed by atoms with van der Waals surface area (Å²) in [6.45, 7) is 1.63. The first-order valence-corrected chi connectivity index (χ1v) is 2.76. The molecule has 0 heterocycles. The SMILES string of the molecule is CC(I)C(=O)O.[H-].[Na+]. The topological polar surface area (TPSA) is 37.3 Å². The Labute approximate surface area is 79.6 Å². The first-order chi connectivity index (χ1) is 2.64. The Morgan fingerprint density at radius 1 is 2.00 bits per heavy atom. The van der Waals surface area contributed by atoms with E-state index in [-0.39, 0.29) is 34.9 Å². The molecule has 0 spiro atoms. The number of hydrogen-bond acceptors (Lipinski definition) is 1. The van der Waals surface area contributed by atoms with Gasteiger partial charge in [-0.15, -0.1) is 0 Å². The molecule has 0 saturated carbocycles. The van der Waals surface area contributed by atoms with Gasteiger partial charge in [-0.05, 0) is 6.92 Å². The maximum Gasteiger partial charge on any atom is 1.00 e. The fraction of sp³-hybridized carbons (Fsp3) is 0.667. The van der Waals surface area contributed by atoms with E-state index in [1.807, 2.05) is 22.6 Å². The van der Waals surface area contributed by atoms with Crippen LogP contribution in [0.3, 0.4) is 0 Å². The molecule has 1 N–H and O–H groups in total. The summed E-state index contributed by atoms with van der Waals surface area (Å²) in [6.07, 6.45) is 0. The van der Waals surface area contributed by atoms with Gasteiger partial charge in [0.1, 0.15) is 3.92 Å². The predicted molar refractivity (Wildman–Crippen MR) is 32.2 cm³/mol. The Morgan fingerprint density at radius 3 is 2.14 bits per heavy atom. The molecule has 0 aliphatic carbocycles. The minimum Gasteiger partial charge on any atom is -1.00 e. The Kier molecular flexibility index (Phi) is 8.43. The average molecular weight is 224 g/mol. The fourth-order valence-corrected chi connectivity index (χ4v) is 0. The molecule has 0 aromatic carbocycles. The van der Waals surface area contributed by atoms with Gasteiger partial charge in [-0.3, -0.25) is 4.79 Å². The zero-order valence-corrected chi connectivity index (χ0v) is 8.47. The summed E-state index contributed by atoms with van der Waals surface area (Å²) in [4.78, 5) is 9.69. The van der Waals surface area contributed by atoms with Crippen molar-refractivity contribution in [3.63, 3.8) is 0 Å². The van der Waals surface area contributed by atoms with Gasteiger partial charge in [0.15, 0.2) is 0 Å². The van der Waals surface area contributed by atoms with Gasteiger partial charge in [0.25, 0.3) is 0 Å². The largest absolute Gasteiger partial charge is 1.00 e. The van der Waals surface area contributed by atoms with Gasteiger partial charge in [0, 0.05) is 0 Å². The van der Waals surface area contributed by atoms with Crippen LogP contribution in [0.1, 0.15) is 8.35 Å². The van der Waals surface area contributed by atoms with E-state index < -0.39 is 5.97 Å². The van der Waals surface area contributed by atoms with Crippen LogP contribution in [0, 0.1) is 0 Å². The van der Waals surface area contributed by atoms with E-state index >= 15 is 0 Å². The summed E-state index contributed by atoms with van der Waals surface area (Å²) in [5.74, 6) is -0.754. The Morgan fingerprint density at radius 2 is 2.14 bits per heavy atom. The quantitative estimate of drug-likeness (QED) is 0.318. The molecule has 0 aliphatic rings. The minimum atomic E-state index is -0.754. The van der Waals surface area contributed by atoms with Gasteiger partial charge < -0.3 is 6.53 Å². The van der Waals surface area contributed by atoms with E-state index in [4.69, 9.17) is 5.11 Å². The zero-order chi connectivity index (χ0) is 5.15. The van der Waals surface area contributed by atoms with Crippen LogP contribution in [0.15, 0.2) is 0 Å². The third-order valence-electron chi connectivity index (χ3n) is 0.340. The van der Waals surface area contributed by atoms with Gasteiger partial charge in [-0.1, -0.05) is 22.6 Å². The number of alkyl halides is 1.